The number of likely N-dealkylation sites (N-methyl/N-ethyl adjacent to an activating group) is 1. The quantitative estimate of drug-likeness (QED) is 0.420. The average molecular weight is 259 g/mol. The maximum atomic E-state index is 11.8. The molecule has 1 aliphatic rings. The maximum absolute atomic E-state index is 11.8. The van der Waals surface area contributed by atoms with Gasteiger partial charge in [0.25, 0.3) is 5.91 Å². The summed E-state index contributed by atoms with van der Waals surface area (Å²) in [6, 6.07) is 0.435. The van der Waals surface area contributed by atoms with Crippen LogP contribution in [0.1, 0.15) is 13.8 Å². The van der Waals surface area contributed by atoms with Crippen molar-refractivity contribution < 1.29 is 13.9 Å². The molecule has 1 aliphatic heterocycles. The predicted octanol–water partition coefficient (Wildman–Crippen LogP) is -1.38. The molecule has 0 unspecified atom stereocenters. The Hall–Kier alpha value is -0.690. The first-order valence-corrected chi connectivity index (χ1v) is 6.77. The number of hydrogen-bond donors (Lipinski definition) is 3. The summed E-state index contributed by atoms with van der Waals surface area (Å²) in [5.41, 5.74) is 5.37. The van der Waals surface area contributed by atoms with E-state index in [2.05, 4.69) is 26.2 Å². The molecule has 1 amide bonds. The molecule has 0 spiro atoms. The van der Waals surface area contributed by atoms with Gasteiger partial charge in [-0.2, -0.15) is 5.84 Å². The van der Waals surface area contributed by atoms with Crippen LogP contribution in [0, 0.1) is 0 Å². The highest BCUT2D eigenvalue weighted by Gasteiger charge is 2.40. The molecule has 106 valence electrons. The van der Waals surface area contributed by atoms with Gasteiger partial charge < -0.3 is 15.5 Å². The zero-order valence-electron chi connectivity index (χ0n) is 12.0. The highest BCUT2D eigenvalue weighted by atomic mass is 16.2. The summed E-state index contributed by atoms with van der Waals surface area (Å²) in [5, 5.41) is 2.83. The molecule has 5 N–H and O–H groups in total. The van der Waals surface area contributed by atoms with E-state index in [0.717, 1.165) is 30.7 Å². The van der Waals surface area contributed by atoms with E-state index >= 15 is 0 Å². The van der Waals surface area contributed by atoms with Crippen molar-refractivity contribution in [2.24, 2.45) is 11.6 Å². The zero-order chi connectivity index (χ0) is 13.8. The molecular formula is C12H29N5O+2. The van der Waals surface area contributed by atoms with Crippen molar-refractivity contribution >= 4 is 5.91 Å². The van der Waals surface area contributed by atoms with E-state index in [9.17, 15) is 4.79 Å². The van der Waals surface area contributed by atoms with Crippen LogP contribution in [0.3, 0.4) is 0 Å². The topological polar surface area (TPSA) is 81.1 Å². The summed E-state index contributed by atoms with van der Waals surface area (Å²) in [5.74, 6) is 6.43. The van der Waals surface area contributed by atoms with Gasteiger partial charge in [-0.15, -0.1) is 0 Å². The molecular weight excluding hydrogens is 230 g/mol. The molecule has 1 rings (SSSR count). The molecule has 0 bridgehead atoms. The van der Waals surface area contributed by atoms with E-state index < -0.39 is 0 Å². The number of quaternary nitrogens is 2. The fraction of sp³-hybridized carbons (Fsp3) is 0.917. The normalized spacial score (nSPS) is 32.6. The van der Waals surface area contributed by atoms with Crippen LogP contribution in [0.4, 0.5) is 0 Å². The zero-order valence-corrected chi connectivity index (χ0v) is 12.0. The number of amides is 1. The minimum absolute atomic E-state index is 0.0875. The summed E-state index contributed by atoms with van der Waals surface area (Å²) in [4.78, 5) is 11.8. The van der Waals surface area contributed by atoms with Gasteiger partial charge in [-0.05, 0) is 13.8 Å². The molecule has 0 aromatic carbocycles. The van der Waals surface area contributed by atoms with Crippen LogP contribution in [0.25, 0.3) is 0 Å². The average Bonchev–Trinajstić information content (AvgIpc) is 2.31. The van der Waals surface area contributed by atoms with E-state index in [4.69, 9.17) is 11.6 Å². The van der Waals surface area contributed by atoms with Gasteiger partial charge in [0.1, 0.15) is 32.2 Å². The lowest BCUT2D eigenvalue weighted by molar-refractivity contribution is -1.04. The van der Waals surface area contributed by atoms with Crippen molar-refractivity contribution in [1.29, 1.82) is 0 Å². The van der Waals surface area contributed by atoms with Crippen molar-refractivity contribution in [2.45, 2.75) is 19.9 Å². The molecule has 1 heterocycles. The molecule has 18 heavy (non-hydrogen) atoms. The molecule has 1 fully saturated rings. The Labute approximate surface area is 110 Å². The van der Waals surface area contributed by atoms with Crippen molar-refractivity contribution in [1.82, 2.24) is 5.32 Å². The molecule has 0 saturated carbocycles. The third-order valence-corrected chi connectivity index (χ3v) is 4.13. The van der Waals surface area contributed by atoms with Crippen LogP contribution in [0.2, 0.25) is 0 Å². The number of piperazine rings is 1. The summed E-state index contributed by atoms with van der Waals surface area (Å²) in [6.45, 7) is 9.64. The predicted molar refractivity (Wildman–Crippen MR) is 72.2 cm³/mol. The molecule has 0 aromatic heterocycles. The molecule has 0 atom stereocenters. The van der Waals surface area contributed by atoms with Gasteiger partial charge in [-0.3, -0.25) is 4.79 Å². The van der Waals surface area contributed by atoms with E-state index in [1.54, 1.807) is 0 Å². The number of carbonyl (C=O) groups is 1. The van der Waals surface area contributed by atoms with Gasteiger partial charge >= 0.3 is 0 Å². The first-order chi connectivity index (χ1) is 8.31. The van der Waals surface area contributed by atoms with E-state index in [-0.39, 0.29) is 5.91 Å². The number of hydrogen-bond acceptors (Lipinski definition) is 3. The number of rotatable bonds is 5. The molecule has 0 aliphatic carbocycles. The minimum Gasteiger partial charge on any atom is -0.350 e. The Morgan fingerprint density at radius 1 is 1.28 bits per heavy atom. The second-order valence-electron chi connectivity index (χ2n) is 6.01. The van der Waals surface area contributed by atoms with Gasteiger partial charge in [0, 0.05) is 13.1 Å². The Kier molecular flexibility index (Phi) is 5.10. The third kappa shape index (κ3) is 3.91. The fourth-order valence-corrected chi connectivity index (χ4v) is 2.37. The Balaban J connectivity index is 2.47. The van der Waals surface area contributed by atoms with Gasteiger partial charge in [-0.25, -0.2) is 4.59 Å². The lowest BCUT2D eigenvalue weighted by Crippen LogP contribution is -2.71. The van der Waals surface area contributed by atoms with Crippen LogP contribution in [0.5, 0.6) is 0 Å². The van der Waals surface area contributed by atoms with Crippen LogP contribution >= 0.6 is 0 Å². The number of nitrogens with two attached hydrogens (primary N) is 2. The second-order valence-corrected chi connectivity index (χ2v) is 6.01. The molecule has 1 saturated heterocycles. The lowest BCUT2D eigenvalue weighted by atomic mass is 10.2. The smallest absolute Gasteiger partial charge is 0.275 e. The van der Waals surface area contributed by atoms with Crippen molar-refractivity contribution in [3.05, 3.63) is 0 Å². The maximum Gasteiger partial charge on any atom is 0.275 e. The highest BCUT2D eigenvalue weighted by molar-refractivity contribution is 5.77. The summed E-state index contributed by atoms with van der Waals surface area (Å²) in [6.07, 6.45) is 0. The molecule has 0 aromatic rings. The SMILES string of the molecule is CC(C)[N+]1(N)CC[N+](C)(CC(=O)NCCN)CC1. The van der Waals surface area contributed by atoms with Crippen LogP contribution < -0.4 is 16.9 Å². The van der Waals surface area contributed by atoms with Crippen molar-refractivity contribution in [3.63, 3.8) is 0 Å². The van der Waals surface area contributed by atoms with E-state index in [1.165, 1.54) is 0 Å². The van der Waals surface area contributed by atoms with Crippen LogP contribution in [0.15, 0.2) is 0 Å². The molecule has 6 nitrogen and oxygen atoms in total. The summed E-state index contributed by atoms with van der Waals surface area (Å²) < 4.78 is 1.40. The Morgan fingerprint density at radius 2 is 1.83 bits per heavy atom. The standard InChI is InChI=1S/C12H28N5O/c1-11(2)17(14)8-6-16(3,7-9-17)10-12(18)15-5-4-13/h11H,4-10,13-14H2,1-3H3/q+1/p+1. The van der Waals surface area contributed by atoms with Gasteiger partial charge in [0.15, 0.2) is 6.54 Å². The Bertz CT molecular complexity index is 284. The monoisotopic (exact) mass is 259 g/mol. The van der Waals surface area contributed by atoms with Gasteiger partial charge in [0.05, 0.1) is 7.05 Å². The van der Waals surface area contributed by atoms with Gasteiger partial charge in [0.2, 0.25) is 0 Å². The number of nitrogens with zero attached hydrogens (tertiary/aromatic N) is 2. The highest BCUT2D eigenvalue weighted by Crippen LogP contribution is 2.16. The Morgan fingerprint density at radius 3 is 2.28 bits per heavy atom. The number of carbonyl (C=O) groups excluding carboxylic acids is 1. The first kappa shape index (κ1) is 15.4. The summed E-state index contributed by atoms with van der Waals surface area (Å²) >= 11 is 0. The third-order valence-electron chi connectivity index (χ3n) is 4.13. The van der Waals surface area contributed by atoms with Crippen LogP contribution in [-0.4, -0.2) is 73.9 Å². The van der Waals surface area contributed by atoms with Gasteiger partial charge in [-0.1, -0.05) is 0 Å². The van der Waals surface area contributed by atoms with Crippen LogP contribution in [-0.2, 0) is 4.79 Å². The first-order valence-electron chi connectivity index (χ1n) is 6.77. The van der Waals surface area contributed by atoms with E-state index in [1.807, 2.05) is 0 Å². The lowest BCUT2D eigenvalue weighted by Gasteiger charge is -2.46. The van der Waals surface area contributed by atoms with Crippen molar-refractivity contribution in [2.75, 3.05) is 52.9 Å². The van der Waals surface area contributed by atoms with E-state index in [0.29, 0.717) is 30.3 Å². The largest absolute Gasteiger partial charge is 0.350 e. The molecule has 6 heteroatoms. The fourth-order valence-electron chi connectivity index (χ4n) is 2.37. The summed E-state index contributed by atoms with van der Waals surface area (Å²) in [7, 11) is 2.13. The number of nitrogens with one attached hydrogen (secondary N) is 1. The molecule has 0 radical (unpaired) electrons. The minimum atomic E-state index is 0.0875. The van der Waals surface area contributed by atoms with Crippen molar-refractivity contribution in [3.8, 4) is 0 Å². The second kappa shape index (κ2) is 5.97.